The summed E-state index contributed by atoms with van der Waals surface area (Å²) in [6.45, 7) is 1.69. The van der Waals surface area contributed by atoms with Gasteiger partial charge in [0, 0.05) is 13.6 Å². The van der Waals surface area contributed by atoms with Crippen LogP contribution in [0.1, 0.15) is 37.7 Å². The number of ether oxygens (including phenoxy) is 2. The number of carbonyl (C=O) groups is 1. The highest BCUT2D eigenvalue weighted by Crippen LogP contribution is 2.31. The molecule has 1 amide bonds. The number of nitrogens with zero attached hydrogens (tertiary/aromatic N) is 1. The van der Waals surface area contributed by atoms with Crippen molar-refractivity contribution in [3.8, 4) is 11.5 Å². The summed E-state index contributed by atoms with van der Waals surface area (Å²) in [7, 11) is 1.82. The minimum atomic E-state index is -0.377. The lowest BCUT2D eigenvalue weighted by atomic mass is 9.84. The van der Waals surface area contributed by atoms with Crippen LogP contribution in [-0.4, -0.2) is 37.1 Å². The monoisotopic (exact) mass is 354 g/mol. The molecular formula is C18H27ClN2O3. The molecule has 1 aliphatic carbocycles. The molecule has 0 saturated heterocycles. The Morgan fingerprint density at radius 1 is 1.21 bits per heavy atom. The van der Waals surface area contributed by atoms with Crippen LogP contribution in [0.3, 0.4) is 0 Å². The van der Waals surface area contributed by atoms with E-state index in [0.717, 1.165) is 29.9 Å². The largest absolute Gasteiger partial charge is 0.486 e. The number of likely N-dealkylation sites (N-methyl/N-ethyl adjacent to an activating group) is 1. The quantitative estimate of drug-likeness (QED) is 0.903. The number of nitrogens with two attached hydrogens (primary N) is 1. The third-order valence-corrected chi connectivity index (χ3v) is 4.85. The number of amides is 1. The summed E-state index contributed by atoms with van der Waals surface area (Å²) >= 11 is 0. The van der Waals surface area contributed by atoms with Crippen LogP contribution in [-0.2, 0) is 11.3 Å². The predicted octanol–water partition coefficient (Wildman–Crippen LogP) is 2.75. The predicted molar refractivity (Wildman–Crippen MR) is 95.7 cm³/mol. The molecule has 1 saturated carbocycles. The molecule has 0 spiro atoms. The lowest BCUT2D eigenvalue weighted by molar-refractivity contribution is -0.133. The summed E-state index contributed by atoms with van der Waals surface area (Å²) < 4.78 is 11.1. The van der Waals surface area contributed by atoms with Crippen LogP contribution < -0.4 is 15.2 Å². The van der Waals surface area contributed by atoms with Gasteiger partial charge in [0.25, 0.3) is 0 Å². The number of rotatable bonds is 4. The first-order valence-electron chi connectivity index (χ1n) is 8.54. The Balaban J connectivity index is 0.00000208. The standard InChI is InChI=1S/C18H26N2O3.ClH/c1-20(18(21)17(19)14-5-3-2-4-6-14)12-13-7-8-15-16(11-13)23-10-9-22-15;/h7-8,11,14,17H,2-6,9-10,12,19H2,1H3;1H. The number of hydrogen-bond acceptors (Lipinski definition) is 4. The molecule has 2 N–H and O–H groups in total. The fourth-order valence-electron chi connectivity index (χ4n) is 3.49. The smallest absolute Gasteiger partial charge is 0.239 e. The lowest BCUT2D eigenvalue weighted by Gasteiger charge is -2.30. The van der Waals surface area contributed by atoms with E-state index < -0.39 is 0 Å². The van der Waals surface area contributed by atoms with E-state index >= 15 is 0 Å². The molecule has 1 unspecified atom stereocenters. The third kappa shape index (κ3) is 4.33. The highest BCUT2D eigenvalue weighted by molar-refractivity contribution is 5.85. The molecular weight excluding hydrogens is 328 g/mol. The summed E-state index contributed by atoms with van der Waals surface area (Å²) in [5.41, 5.74) is 7.25. The van der Waals surface area contributed by atoms with Gasteiger partial charge in [0.1, 0.15) is 13.2 Å². The van der Waals surface area contributed by atoms with Crippen molar-refractivity contribution in [2.75, 3.05) is 20.3 Å². The van der Waals surface area contributed by atoms with Gasteiger partial charge in [0.15, 0.2) is 11.5 Å². The summed E-state index contributed by atoms with van der Waals surface area (Å²) in [6, 6.07) is 5.45. The zero-order valence-electron chi connectivity index (χ0n) is 14.2. The first-order chi connectivity index (χ1) is 11.1. The summed E-state index contributed by atoms with van der Waals surface area (Å²) in [5.74, 6) is 1.89. The lowest BCUT2D eigenvalue weighted by Crippen LogP contribution is -2.46. The van der Waals surface area contributed by atoms with Crippen molar-refractivity contribution in [3.63, 3.8) is 0 Å². The molecule has 2 aliphatic rings. The van der Waals surface area contributed by atoms with E-state index in [1.165, 1.54) is 19.3 Å². The zero-order chi connectivity index (χ0) is 16.2. The van der Waals surface area contributed by atoms with Crippen LogP contribution >= 0.6 is 12.4 Å². The van der Waals surface area contributed by atoms with Crippen LogP contribution in [0.4, 0.5) is 0 Å². The van der Waals surface area contributed by atoms with Crippen molar-refractivity contribution in [2.45, 2.75) is 44.7 Å². The van der Waals surface area contributed by atoms with Gasteiger partial charge in [-0.15, -0.1) is 12.4 Å². The third-order valence-electron chi connectivity index (χ3n) is 4.85. The highest BCUT2D eigenvalue weighted by Gasteiger charge is 2.28. The minimum absolute atomic E-state index is 0. The van der Waals surface area contributed by atoms with Crippen molar-refractivity contribution < 1.29 is 14.3 Å². The van der Waals surface area contributed by atoms with Gasteiger partial charge in [-0.25, -0.2) is 0 Å². The van der Waals surface area contributed by atoms with Gasteiger partial charge in [-0.3, -0.25) is 4.79 Å². The van der Waals surface area contributed by atoms with Crippen LogP contribution in [0, 0.1) is 5.92 Å². The van der Waals surface area contributed by atoms with Crippen molar-refractivity contribution in [1.29, 1.82) is 0 Å². The molecule has 24 heavy (non-hydrogen) atoms. The van der Waals surface area contributed by atoms with Crippen LogP contribution in [0.15, 0.2) is 18.2 Å². The Morgan fingerprint density at radius 3 is 2.58 bits per heavy atom. The summed E-state index contributed by atoms with van der Waals surface area (Å²) in [6.07, 6.45) is 5.80. The molecule has 1 aliphatic heterocycles. The molecule has 1 aromatic carbocycles. The minimum Gasteiger partial charge on any atom is -0.486 e. The van der Waals surface area contributed by atoms with E-state index in [0.29, 0.717) is 25.7 Å². The van der Waals surface area contributed by atoms with Gasteiger partial charge >= 0.3 is 0 Å². The van der Waals surface area contributed by atoms with E-state index in [-0.39, 0.29) is 24.4 Å². The van der Waals surface area contributed by atoms with Crippen LogP contribution in [0.2, 0.25) is 0 Å². The Morgan fingerprint density at radius 2 is 1.88 bits per heavy atom. The molecule has 3 rings (SSSR count). The normalized spacial score (nSPS) is 18.4. The molecule has 134 valence electrons. The maximum absolute atomic E-state index is 12.6. The number of carbonyl (C=O) groups excluding carboxylic acids is 1. The fraction of sp³-hybridized carbons (Fsp3) is 0.611. The van der Waals surface area contributed by atoms with Crippen molar-refractivity contribution in [3.05, 3.63) is 23.8 Å². The second-order valence-corrected chi connectivity index (χ2v) is 6.60. The van der Waals surface area contributed by atoms with E-state index in [4.69, 9.17) is 15.2 Å². The first kappa shape index (κ1) is 18.9. The van der Waals surface area contributed by atoms with Crippen molar-refractivity contribution in [2.24, 2.45) is 11.7 Å². The molecule has 1 fully saturated rings. The number of hydrogen-bond donors (Lipinski definition) is 1. The maximum Gasteiger partial charge on any atom is 0.239 e. The Labute approximate surface area is 149 Å². The topological polar surface area (TPSA) is 64.8 Å². The van der Waals surface area contributed by atoms with Crippen LogP contribution in [0.5, 0.6) is 11.5 Å². The van der Waals surface area contributed by atoms with Crippen molar-refractivity contribution in [1.82, 2.24) is 4.90 Å². The first-order valence-corrected chi connectivity index (χ1v) is 8.54. The molecule has 0 radical (unpaired) electrons. The van der Waals surface area contributed by atoms with Gasteiger partial charge in [0.2, 0.25) is 5.91 Å². The highest BCUT2D eigenvalue weighted by atomic mass is 35.5. The van der Waals surface area contributed by atoms with Gasteiger partial charge in [-0.05, 0) is 36.5 Å². The van der Waals surface area contributed by atoms with Gasteiger partial charge < -0.3 is 20.1 Å². The van der Waals surface area contributed by atoms with E-state index in [1.807, 2.05) is 25.2 Å². The summed E-state index contributed by atoms with van der Waals surface area (Å²) in [5, 5.41) is 0. The Kier molecular flexibility index (Phi) is 6.75. The second kappa shape index (κ2) is 8.58. The second-order valence-electron chi connectivity index (χ2n) is 6.60. The number of fused-ring (bicyclic) bond motifs is 1. The van der Waals surface area contributed by atoms with E-state index in [2.05, 4.69) is 0 Å². The van der Waals surface area contributed by atoms with Gasteiger partial charge in [-0.2, -0.15) is 0 Å². The van der Waals surface area contributed by atoms with Crippen LogP contribution in [0.25, 0.3) is 0 Å². The zero-order valence-corrected chi connectivity index (χ0v) is 15.0. The molecule has 1 heterocycles. The molecule has 1 aromatic rings. The fourth-order valence-corrected chi connectivity index (χ4v) is 3.49. The maximum atomic E-state index is 12.6. The van der Waals surface area contributed by atoms with Crippen molar-refractivity contribution >= 4 is 18.3 Å². The van der Waals surface area contributed by atoms with Gasteiger partial charge in [0.05, 0.1) is 6.04 Å². The molecule has 1 atom stereocenters. The molecule has 6 heteroatoms. The Bertz CT molecular complexity index is 561. The molecule has 0 bridgehead atoms. The number of benzene rings is 1. The Hall–Kier alpha value is -1.46. The molecule has 0 aromatic heterocycles. The number of halogens is 1. The average Bonchev–Trinajstić information content (AvgIpc) is 2.61. The van der Waals surface area contributed by atoms with Gasteiger partial charge in [-0.1, -0.05) is 25.3 Å². The van der Waals surface area contributed by atoms with E-state index in [9.17, 15) is 4.79 Å². The average molecular weight is 355 g/mol. The summed E-state index contributed by atoms with van der Waals surface area (Å²) in [4.78, 5) is 14.3. The SMILES string of the molecule is CN(Cc1ccc2c(c1)OCCO2)C(=O)C(N)C1CCCCC1.Cl. The van der Waals surface area contributed by atoms with E-state index in [1.54, 1.807) is 4.90 Å². The molecule has 5 nitrogen and oxygen atoms in total.